The molecule has 3 rings (SSSR count). The van der Waals surface area contributed by atoms with Crippen LogP contribution in [0.3, 0.4) is 0 Å². The van der Waals surface area contributed by atoms with E-state index in [0.29, 0.717) is 11.5 Å². The highest BCUT2D eigenvalue weighted by atomic mass is 16.5. The first kappa shape index (κ1) is 19.4. The highest BCUT2D eigenvalue weighted by Crippen LogP contribution is 2.27. The van der Waals surface area contributed by atoms with Crippen molar-refractivity contribution in [3.8, 4) is 5.75 Å². The third-order valence-electron chi connectivity index (χ3n) is 5.16. The smallest absolute Gasteiger partial charge is 0.253 e. The molecular weight excluding hydrogens is 340 g/mol. The third-order valence-corrected chi connectivity index (χ3v) is 5.16. The Morgan fingerprint density at radius 1 is 1.30 bits per heavy atom. The predicted octanol–water partition coefficient (Wildman–Crippen LogP) is 2.86. The fourth-order valence-electron chi connectivity index (χ4n) is 3.72. The average Bonchev–Trinajstić information content (AvgIpc) is 3.16. The van der Waals surface area contributed by atoms with Crippen molar-refractivity contribution < 1.29 is 9.53 Å². The van der Waals surface area contributed by atoms with E-state index in [0.717, 1.165) is 57.0 Å². The van der Waals surface area contributed by atoms with Crippen molar-refractivity contribution in [1.82, 2.24) is 19.4 Å². The molecule has 0 N–H and O–H groups in total. The SMILES string of the molecule is COc1ccc(C(=O)N2CCCC(c3nccn3CCCN(C)C)C2)cc1. The van der Waals surface area contributed by atoms with Crippen molar-refractivity contribution in [2.45, 2.75) is 31.7 Å². The van der Waals surface area contributed by atoms with E-state index >= 15 is 0 Å². The van der Waals surface area contributed by atoms with Crippen LogP contribution in [-0.2, 0) is 6.54 Å². The van der Waals surface area contributed by atoms with Crippen LogP contribution in [0.25, 0.3) is 0 Å². The van der Waals surface area contributed by atoms with Gasteiger partial charge in [0.1, 0.15) is 11.6 Å². The molecule has 0 saturated carbocycles. The van der Waals surface area contributed by atoms with Crippen LogP contribution in [-0.4, -0.2) is 66.1 Å². The molecule has 1 amide bonds. The Morgan fingerprint density at radius 2 is 2.07 bits per heavy atom. The molecule has 1 saturated heterocycles. The van der Waals surface area contributed by atoms with Gasteiger partial charge < -0.3 is 19.1 Å². The number of aromatic nitrogens is 2. The van der Waals surface area contributed by atoms with E-state index in [4.69, 9.17) is 4.74 Å². The number of imidazole rings is 1. The lowest BCUT2D eigenvalue weighted by Crippen LogP contribution is -2.39. The normalized spacial score (nSPS) is 17.3. The van der Waals surface area contributed by atoms with Crippen molar-refractivity contribution in [2.75, 3.05) is 40.8 Å². The summed E-state index contributed by atoms with van der Waals surface area (Å²) in [5.74, 6) is 2.27. The molecule has 1 aromatic heterocycles. The minimum absolute atomic E-state index is 0.0908. The zero-order valence-corrected chi connectivity index (χ0v) is 16.6. The van der Waals surface area contributed by atoms with Crippen molar-refractivity contribution in [2.24, 2.45) is 0 Å². The van der Waals surface area contributed by atoms with Crippen LogP contribution < -0.4 is 4.74 Å². The molecule has 1 aromatic carbocycles. The molecule has 0 radical (unpaired) electrons. The van der Waals surface area contributed by atoms with Crippen LogP contribution >= 0.6 is 0 Å². The molecule has 2 heterocycles. The van der Waals surface area contributed by atoms with Gasteiger partial charge in [0, 0.05) is 43.5 Å². The Bertz CT molecular complexity index is 739. The second kappa shape index (κ2) is 9.04. The van der Waals surface area contributed by atoms with E-state index in [2.05, 4.69) is 34.7 Å². The molecule has 0 aliphatic carbocycles. The maximum Gasteiger partial charge on any atom is 0.253 e. The molecule has 1 atom stereocenters. The maximum atomic E-state index is 12.9. The number of likely N-dealkylation sites (tertiary alicyclic amines) is 1. The molecule has 2 aromatic rings. The van der Waals surface area contributed by atoms with Crippen molar-refractivity contribution >= 4 is 5.91 Å². The number of ether oxygens (including phenoxy) is 1. The van der Waals surface area contributed by atoms with E-state index in [-0.39, 0.29) is 5.91 Å². The van der Waals surface area contributed by atoms with Gasteiger partial charge in [-0.25, -0.2) is 4.98 Å². The number of aryl methyl sites for hydroxylation is 1. The lowest BCUT2D eigenvalue weighted by molar-refractivity contribution is 0.0703. The van der Waals surface area contributed by atoms with Crippen LogP contribution in [0.5, 0.6) is 5.75 Å². The van der Waals surface area contributed by atoms with Gasteiger partial charge in [-0.15, -0.1) is 0 Å². The Labute approximate surface area is 161 Å². The van der Waals surface area contributed by atoms with Gasteiger partial charge in [0.2, 0.25) is 0 Å². The molecule has 1 aliphatic rings. The number of amides is 1. The monoisotopic (exact) mass is 370 g/mol. The zero-order valence-electron chi connectivity index (χ0n) is 16.6. The van der Waals surface area contributed by atoms with Gasteiger partial charge in [0.15, 0.2) is 0 Å². The molecule has 0 spiro atoms. The lowest BCUT2D eigenvalue weighted by atomic mass is 9.96. The van der Waals surface area contributed by atoms with E-state index in [1.807, 2.05) is 35.4 Å². The molecule has 1 fully saturated rings. The lowest BCUT2D eigenvalue weighted by Gasteiger charge is -2.33. The summed E-state index contributed by atoms with van der Waals surface area (Å²) in [6, 6.07) is 7.36. The molecule has 146 valence electrons. The Morgan fingerprint density at radius 3 is 2.78 bits per heavy atom. The molecule has 0 bridgehead atoms. The standard InChI is InChI=1S/C21H30N4O2/c1-23(2)12-5-14-24-15-11-22-20(24)18-6-4-13-25(16-18)21(26)17-7-9-19(27-3)10-8-17/h7-11,15,18H,4-6,12-14,16H2,1-3H3. The van der Waals surface area contributed by atoms with Crippen LogP contribution in [0, 0.1) is 0 Å². The number of hydrogen-bond acceptors (Lipinski definition) is 4. The van der Waals surface area contributed by atoms with E-state index in [9.17, 15) is 4.79 Å². The molecule has 1 unspecified atom stereocenters. The number of rotatable bonds is 7. The number of hydrogen-bond donors (Lipinski definition) is 0. The first-order chi connectivity index (χ1) is 13.1. The number of carbonyl (C=O) groups excluding carboxylic acids is 1. The molecule has 6 heteroatoms. The maximum absolute atomic E-state index is 12.9. The molecular formula is C21H30N4O2. The minimum Gasteiger partial charge on any atom is -0.497 e. The van der Waals surface area contributed by atoms with E-state index in [1.165, 1.54) is 0 Å². The van der Waals surface area contributed by atoms with Crippen LogP contribution in [0.15, 0.2) is 36.7 Å². The third kappa shape index (κ3) is 4.89. The number of carbonyl (C=O) groups is 1. The van der Waals surface area contributed by atoms with Crippen LogP contribution in [0.4, 0.5) is 0 Å². The van der Waals surface area contributed by atoms with Gasteiger partial charge in [-0.05, 0) is 64.2 Å². The summed E-state index contributed by atoms with van der Waals surface area (Å²) in [5.41, 5.74) is 0.714. The van der Waals surface area contributed by atoms with Crippen LogP contribution in [0.2, 0.25) is 0 Å². The van der Waals surface area contributed by atoms with Crippen molar-refractivity contribution in [3.63, 3.8) is 0 Å². The fraction of sp³-hybridized carbons (Fsp3) is 0.524. The van der Waals surface area contributed by atoms with Gasteiger partial charge in [0.25, 0.3) is 5.91 Å². The van der Waals surface area contributed by atoms with Crippen molar-refractivity contribution in [3.05, 3.63) is 48.0 Å². The molecule has 27 heavy (non-hydrogen) atoms. The van der Waals surface area contributed by atoms with Gasteiger partial charge in [-0.1, -0.05) is 0 Å². The first-order valence-electron chi connectivity index (χ1n) is 9.67. The summed E-state index contributed by atoms with van der Waals surface area (Å²) >= 11 is 0. The van der Waals surface area contributed by atoms with Gasteiger partial charge in [-0.3, -0.25) is 4.79 Å². The predicted molar refractivity (Wildman–Crippen MR) is 106 cm³/mol. The summed E-state index contributed by atoms with van der Waals surface area (Å²) in [4.78, 5) is 21.7. The summed E-state index contributed by atoms with van der Waals surface area (Å²) in [6.07, 6.45) is 7.14. The van der Waals surface area contributed by atoms with E-state index in [1.54, 1.807) is 7.11 Å². The van der Waals surface area contributed by atoms with Crippen LogP contribution in [0.1, 0.15) is 41.4 Å². The summed E-state index contributed by atoms with van der Waals surface area (Å²) < 4.78 is 7.44. The van der Waals surface area contributed by atoms with Gasteiger partial charge >= 0.3 is 0 Å². The second-order valence-corrected chi connectivity index (χ2v) is 7.45. The summed E-state index contributed by atoms with van der Waals surface area (Å²) in [5, 5.41) is 0. The zero-order chi connectivity index (χ0) is 19.2. The second-order valence-electron chi connectivity index (χ2n) is 7.45. The number of methoxy groups -OCH3 is 1. The van der Waals surface area contributed by atoms with Gasteiger partial charge in [-0.2, -0.15) is 0 Å². The Hall–Kier alpha value is -2.34. The number of nitrogens with zero attached hydrogens (tertiary/aromatic N) is 4. The first-order valence-corrected chi connectivity index (χ1v) is 9.67. The largest absolute Gasteiger partial charge is 0.497 e. The Balaban J connectivity index is 1.65. The fourth-order valence-corrected chi connectivity index (χ4v) is 3.72. The summed E-state index contributed by atoms with van der Waals surface area (Å²) in [7, 11) is 5.82. The summed E-state index contributed by atoms with van der Waals surface area (Å²) in [6.45, 7) is 3.57. The number of piperidine rings is 1. The average molecular weight is 370 g/mol. The molecule has 6 nitrogen and oxygen atoms in total. The van der Waals surface area contributed by atoms with E-state index < -0.39 is 0 Å². The highest BCUT2D eigenvalue weighted by Gasteiger charge is 2.28. The topological polar surface area (TPSA) is 50.6 Å². The minimum atomic E-state index is 0.0908. The quantitative estimate of drug-likeness (QED) is 0.752. The van der Waals surface area contributed by atoms with Crippen molar-refractivity contribution in [1.29, 1.82) is 0 Å². The number of benzene rings is 1. The Kier molecular flexibility index (Phi) is 6.50. The highest BCUT2D eigenvalue weighted by molar-refractivity contribution is 5.94. The van der Waals surface area contributed by atoms with Gasteiger partial charge in [0.05, 0.1) is 7.11 Å². The molecule has 1 aliphatic heterocycles.